The lowest BCUT2D eigenvalue weighted by atomic mass is 10.2. The van der Waals surface area contributed by atoms with Crippen LogP contribution in [0.1, 0.15) is 23.0 Å². The lowest BCUT2D eigenvalue weighted by Crippen LogP contribution is -2.17. The summed E-state index contributed by atoms with van der Waals surface area (Å²) in [7, 11) is 0. The monoisotopic (exact) mass is 402 g/mol. The molecular formula is C14H13BrCl2N4O. The Morgan fingerprint density at radius 3 is 2.73 bits per heavy atom. The van der Waals surface area contributed by atoms with Gasteiger partial charge in [0.1, 0.15) is 5.82 Å². The molecule has 0 radical (unpaired) electrons. The van der Waals surface area contributed by atoms with Crippen molar-refractivity contribution >= 4 is 56.5 Å². The number of nitrogens with zero attached hydrogens (tertiary/aromatic N) is 2. The van der Waals surface area contributed by atoms with Gasteiger partial charge in [0.2, 0.25) is 0 Å². The van der Waals surface area contributed by atoms with Crippen molar-refractivity contribution in [3.8, 4) is 0 Å². The van der Waals surface area contributed by atoms with Crippen LogP contribution in [0.15, 0.2) is 22.9 Å². The molecule has 2 aromatic rings. The zero-order chi connectivity index (χ0) is 16.3. The first-order chi connectivity index (χ1) is 10.4. The molecule has 2 aromatic heterocycles. The van der Waals surface area contributed by atoms with Crippen LogP contribution in [0.2, 0.25) is 10.0 Å². The van der Waals surface area contributed by atoms with Gasteiger partial charge in [-0.3, -0.25) is 9.78 Å². The van der Waals surface area contributed by atoms with Gasteiger partial charge in [0.05, 0.1) is 27.0 Å². The number of hydrogen-bond donors (Lipinski definition) is 2. The second-order valence-electron chi connectivity index (χ2n) is 4.41. The van der Waals surface area contributed by atoms with Gasteiger partial charge in [-0.15, -0.1) is 0 Å². The molecule has 22 heavy (non-hydrogen) atoms. The molecule has 116 valence electrons. The molecule has 0 aliphatic rings. The standard InChI is InChI=1S/C14H13BrCl2N4O/c1-3-18-13-9(4-8(15)5-20-13)14(22)21-12-7(2)19-6-10(16)11(12)17/h4-6H,3H2,1-2H3,(H,18,20)(H,21,22). The molecule has 2 N–H and O–H groups in total. The highest BCUT2D eigenvalue weighted by atomic mass is 79.9. The van der Waals surface area contributed by atoms with E-state index >= 15 is 0 Å². The van der Waals surface area contributed by atoms with Crippen LogP contribution in [-0.4, -0.2) is 22.4 Å². The lowest BCUT2D eigenvalue weighted by Gasteiger charge is -2.13. The molecular weight excluding hydrogens is 391 g/mol. The Hall–Kier alpha value is -1.37. The molecule has 0 aromatic carbocycles. The number of aryl methyl sites for hydroxylation is 1. The van der Waals surface area contributed by atoms with Gasteiger partial charge in [0.25, 0.3) is 5.91 Å². The number of pyridine rings is 2. The van der Waals surface area contributed by atoms with E-state index in [-0.39, 0.29) is 16.0 Å². The molecule has 8 heteroatoms. The number of rotatable bonds is 4. The molecule has 0 saturated heterocycles. The summed E-state index contributed by atoms with van der Waals surface area (Å²) in [5, 5.41) is 6.33. The summed E-state index contributed by atoms with van der Waals surface area (Å²) in [5.74, 6) is 0.144. The van der Waals surface area contributed by atoms with E-state index < -0.39 is 0 Å². The van der Waals surface area contributed by atoms with Crippen LogP contribution in [0.3, 0.4) is 0 Å². The largest absolute Gasteiger partial charge is 0.370 e. The summed E-state index contributed by atoms with van der Waals surface area (Å²) in [6.45, 7) is 4.31. The number of carbonyl (C=O) groups is 1. The fourth-order valence-electron chi connectivity index (χ4n) is 1.80. The van der Waals surface area contributed by atoms with Crippen molar-refractivity contribution in [1.82, 2.24) is 9.97 Å². The van der Waals surface area contributed by atoms with Crippen LogP contribution in [0, 0.1) is 6.92 Å². The summed E-state index contributed by atoms with van der Waals surface area (Å²) in [6.07, 6.45) is 3.06. The van der Waals surface area contributed by atoms with E-state index in [1.165, 1.54) is 6.20 Å². The van der Waals surface area contributed by atoms with E-state index in [1.807, 2.05) is 6.92 Å². The van der Waals surface area contributed by atoms with Gasteiger partial charge in [-0.2, -0.15) is 0 Å². The molecule has 2 rings (SSSR count). The Morgan fingerprint density at radius 1 is 1.32 bits per heavy atom. The van der Waals surface area contributed by atoms with Crippen LogP contribution in [0.25, 0.3) is 0 Å². The lowest BCUT2D eigenvalue weighted by molar-refractivity contribution is 0.102. The van der Waals surface area contributed by atoms with Crippen molar-refractivity contribution in [2.75, 3.05) is 17.2 Å². The average molecular weight is 404 g/mol. The highest BCUT2D eigenvalue weighted by Crippen LogP contribution is 2.32. The molecule has 0 bridgehead atoms. The van der Waals surface area contributed by atoms with Crippen molar-refractivity contribution < 1.29 is 4.79 Å². The highest BCUT2D eigenvalue weighted by Gasteiger charge is 2.17. The molecule has 0 aliphatic carbocycles. The zero-order valence-electron chi connectivity index (χ0n) is 11.9. The number of carbonyl (C=O) groups excluding carboxylic acids is 1. The van der Waals surface area contributed by atoms with Gasteiger partial charge in [-0.05, 0) is 35.8 Å². The quantitative estimate of drug-likeness (QED) is 0.786. The molecule has 0 atom stereocenters. The summed E-state index contributed by atoms with van der Waals surface area (Å²) < 4.78 is 0.700. The van der Waals surface area contributed by atoms with Crippen molar-refractivity contribution in [1.29, 1.82) is 0 Å². The Bertz CT molecular complexity index is 724. The highest BCUT2D eigenvalue weighted by molar-refractivity contribution is 9.10. The second-order valence-corrected chi connectivity index (χ2v) is 6.12. The number of anilines is 2. The van der Waals surface area contributed by atoms with Crippen LogP contribution in [0.4, 0.5) is 11.5 Å². The normalized spacial score (nSPS) is 10.4. The third-order valence-electron chi connectivity index (χ3n) is 2.84. The number of hydrogen-bond acceptors (Lipinski definition) is 4. The van der Waals surface area contributed by atoms with E-state index in [1.54, 1.807) is 19.2 Å². The number of nitrogens with one attached hydrogen (secondary N) is 2. The van der Waals surface area contributed by atoms with Gasteiger partial charge in [0, 0.05) is 23.4 Å². The van der Waals surface area contributed by atoms with Crippen LogP contribution in [0.5, 0.6) is 0 Å². The minimum Gasteiger partial charge on any atom is -0.370 e. The molecule has 0 aliphatic heterocycles. The molecule has 0 unspecified atom stereocenters. The van der Waals surface area contributed by atoms with Gasteiger partial charge in [0.15, 0.2) is 0 Å². The predicted molar refractivity (Wildman–Crippen MR) is 93.0 cm³/mol. The maximum absolute atomic E-state index is 12.5. The van der Waals surface area contributed by atoms with E-state index in [0.717, 1.165) is 0 Å². The van der Waals surface area contributed by atoms with E-state index in [9.17, 15) is 4.79 Å². The first-order valence-electron chi connectivity index (χ1n) is 6.45. The van der Waals surface area contributed by atoms with Crippen LogP contribution in [-0.2, 0) is 0 Å². The first-order valence-corrected chi connectivity index (χ1v) is 8.00. The molecule has 1 amide bonds. The molecule has 5 nitrogen and oxygen atoms in total. The fourth-order valence-corrected chi connectivity index (χ4v) is 2.51. The topological polar surface area (TPSA) is 66.9 Å². The average Bonchev–Trinajstić information content (AvgIpc) is 2.49. The van der Waals surface area contributed by atoms with E-state index in [0.29, 0.717) is 33.8 Å². The minimum absolute atomic E-state index is 0.260. The number of amides is 1. The summed E-state index contributed by atoms with van der Waals surface area (Å²) in [6, 6.07) is 1.68. The predicted octanol–water partition coefficient (Wildman–Crippen LogP) is 4.54. The molecule has 0 spiro atoms. The number of halogens is 3. The van der Waals surface area contributed by atoms with Gasteiger partial charge in [-0.25, -0.2) is 4.98 Å². The minimum atomic E-state index is -0.348. The Labute approximate surface area is 146 Å². The third kappa shape index (κ3) is 3.69. The number of aromatic nitrogens is 2. The van der Waals surface area contributed by atoms with Crippen LogP contribution >= 0.6 is 39.1 Å². The van der Waals surface area contributed by atoms with Gasteiger partial charge < -0.3 is 10.6 Å². The van der Waals surface area contributed by atoms with Gasteiger partial charge >= 0.3 is 0 Å². The van der Waals surface area contributed by atoms with Crippen molar-refractivity contribution in [2.45, 2.75) is 13.8 Å². The summed E-state index contributed by atoms with van der Waals surface area (Å²) >= 11 is 15.4. The second kappa shape index (κ2) is 7.26. The SMILES string of the molecule is CCNc1ncc(Br)cc1C(=O)Nc1c(C)ncc(Cl)c1Cl. The maximum atomic E-state index is 12.5. The maximum Gasteiger partial charge on any atom is 0.259 e. The summed E-state index contributed by atoms with van der Waals surface area (Å²) in [5.41, 5.74) is 1.36. The van der Waals surface area contributed by atoms with E-state index in [2.05, 4.69) is 36.5 Å². The van der Waals surface area contributed by atoms with Gasteiger partial charge in [-0.1, -0.05) is 23.2 Å². The smallest absolute Gasteiger partial charge is 0.259 e. The van der Waals surface area contributed by atoms with Crippen molar-refractivity contribution in [2.24, 2.45) is 0 Å². The molecule has 2 heterocycles. The Morgan fingerprint density at radius 2 is 2.05 bits per heavy atom. The third-order valence-corrected chi connectivity index (χ3v) is 4.05. The molecule has 0 saturated carbocycles. The fraction of sp³-hybridized carbons (Fsp3) is 0.214. The Balaban J connectivity index is 2.38. The Kier molecular flexibility index (Phi) is 5.61. The van der Waals surface area contributed by atoms with Crippen molar-refractivity contribution in [3.05, 3.63) is 44.2 Å². The van der Waals surface area contributed by atoms with Crippen molar-refractivity contribution in [3.63, 3.8) is 0 Å². The summed E-state index contributed by atoms with van der Waals surface area (Å²) in [4.78, 5) is 20.8. The zero-order valence-corrected chi connectivity index (χ0v) is 15.0. The first kappa shape index (κ1) is 17.0. The molecule has 0 fully saturated rings. The van der Waals surface area contributed by atoms with E-state index in [4.69, 9.17) is 23.2 Å². The van der Waals surface area contributed by atoms with Crippen LogP contribution < -0.4 is 10.6 Å².